The van der Waals surface area contributed by atoms with Crippen LogP contribution in [0.1, 0.15) is 113 Å². The second kappa shape index (κ2) is 18.3. The van der Waals surface area contributed by atoms with Crippen molar-refractivity contribution < 1.29 is 39.9 Å². The monoisotopic (exact) mass is 591 g/mol. The number of aromatic hydroxyl groups is 1. The fraction of sp³-hybridized carbons (Fsp3) is 0.594. The number of nitrogens with two attached hydrogens (primary N) is 1. The van der Waals surface area contributed by atoms with Crippen LogP contribution in [0.25, 0.3) is 5.76 Å². The number of hydrogen-bond donors (Lipinski definition) is 6. The summed E-state index contributed by atoms with van der Waals surface area (Å²) in [7, 11) is 0. The van der Waals surface area contributed by atoms with Crippen molar-refractivity contribution in [3.8, 4) is 5.75 Å². The molecule has 0 aromatic heterocycles. The van der Waals surface area contributed by atoms with E-state index in [1.165, 1.54) is 13.0 Å². The van der Waals surface area contributed by atoms with Crippen molar-refractivity contribution in [1.29, 1.82) is 0 Å². The fourth-order valence-corrected chi connectivity index (χ4v) is 5.34. The molecule has 1 aromatic carbocycles. The lowest BCUT2D eigenvalue weighted by atomic mass is 9.53. The first-order valence-electron chi connectivity index (χ1n) is 9.44. The Bertz CT molecular complexity index is 1090. The van der Waals surface area contributed by atoms with Gasteiger partial charge in [-0.2, -0.15) is 0 Å². The summed E-state index contributed by atoms with van der Waals surface area (Å²) in [5.74, 6) is -9.82. The number of carbonyl (C=O) groups is 3. The molecule has 3 aliphatic rings. The Kier molecular flexibility index (Phi) is 25.7. The molecule has 246 valence electrons. The standard InChI is InChI=1S/C21H21NO8.11CH4/c1-6-8-4-3-5-9(23)11(8)16(25)12-10(6)17(26)14-7(2)15(24)13(20(22)29)19(28)21(14,30)18(12)27;;;;;;;;;;;/h3-7,10,14,17,23,25-26,28,30H,1-2H3,(H2,22,29);11*1H4/t6?,7-,10?,14?,17?,21?;;;;;;;;;;;/m0.........../s1. The molecule has 0 bridgehead atoms. The topological polar surface area (TPSA) is 178 Å². The molecule has 7 N–H and O–H groups in total. The zero-order valence-electron chi connectivity index (χ0n) is 16.2. The lowest BCUT2D eigenvalue weighted by Gasteiger charge is -2.52. The summed E-state index contributed by atoms with van der Waals surface area (Å²) in [6, 6.07) is 4.49. The van der Waals surface area contributed by atoms with Crippen LogP contribution in [-0.4, -0.2) is 54.7 Å². The first kappa shape index (κ1) is 57.7. The van der Waals surface area contributed by atoms with Crippen molar-refractivity contribution in [2.45, 2.75) is 113 Å². The van der Waals surface area contributed by atoms with Crippen molar-refractivity contribution >= 4 is 23.2 Å². The molecule has 0 heterocycles. The highest BCUT2D eigenvalue weighted by Gasteiger charge is 2.66. The van der Waals surface area contributed by atoms with E-state index in [1.807, 2.05) is 0 Å². The van der Waals surface area contributed by atoms with E-state index < -0.39 is 69.9 Å². The number of aliphatic hydroxyl groups is 4. The molecule has 6 atom stereocenters. The maximum Gasteiger partial charge on any atom is 0.255 e. The molecule has 0 spiro atoms. The van der Waals surface area contributed by atoms with Gasteiger partial charge < -0.3 is 31.3 Å². The van der Waals surface area contributed by atoms with E-state index in [1.54, 1.807) is 19.1 Å². The number of hydrogen-bond acceptors (Lipinski definition) is 8. The molecule has 1 saturated carbocycles. The van der Waals surface area contributed by atoms with Crippen LogP contribution in [0.5, 0.6) is 5.75 Å². The van der Waals surface area contributed by atoms with Gasteiger partial charge in [0.1, 0.15) is 22.8 Å². The van der Waals surface area contributed by atoms with Crippen molar-refractivity contribution in [3.63, 3.8) is 0 Å². The van der Waals surface area contributed by atoms with Gasteiger partial charge in [0.15, 0.2) is 11.4 Å². The summed E-state index contributed by atoms with van der Waals surface area (Å²) >= 11 is 0. The molecule has 5 unspecified atom stereocenters. The molecule has 0 aliphatic heterocycles. The van der Waals surface area contributed by atoms with Gasteiger partial charge in [0.2, 0.25) is 5.78 Å². The first-order chi connectivity index (χ1) is 14.0. The fourth-order valence-electron chi connectivity index (χ4n) is 5.34. The predicted octanol–water partition coefficient (Wildman–Crippen LogP) is 7.20. The number of primary amides is 1. The molecule has 3 aliphatic carbocycles. The quantitative estimate of drug-likeness (QED) is 0.186. The molecular weight excluding hydrogens is 526 g/mol. The average molecular weight is 592 g/mol. The average Bonchev–Trinajstić information content (AvgIpc) is 2.67. The Morgan fingerprint density at radius 2 is 1.29 bits per heavy atom. The van der Waals surface area contributed by atoms with Crippen LogP contribution in [0, 0.1) is 17.8 Å². The Balaban J connectivity index is -0.000000165. The third-order valence-electron chi connectivity index (χ3n) is 6.78. The number of phenols is 1. The van der Waals surface area contributed by atoms with Crippen molar-refractivity contribution in [2.24, 2.45) is 23.5 Å². The van der Waals surface area contributed by atoms with Gasteiger partial charge in [-0.1, -0.05) is 108 Å². The van der Waals surface area contributed by atoms with E-state index in [4.69, 9.17) is 5.73 Å². The maximum atomic E-state index is 13.5. The first-order valence-corrected chi connectivity index (χ1v) is 9.44. The molecule has 9 heteroatoms. The smallest absolute Gasteiger partial charge is 0.255 e. The van der Waals surface area contributed by atoms with Crippen molar-refractivity contribution in [2.75, 3.05) is 0 Å². The van der Waals surface area contributed by atoms with Crippen molar-refractivity contribution in [3.05, 3.63) is 46.2 Å². The maximum absolute atomic E-state index is 13.5. The van der Waals surface area contributed by atoms with Crippen LogP contribution in [0.3, 0.4) is 0 Å². The summed E-state index contributed by atoms with van der Waals surface area (Å²) in [6.07, 6.45) is -1.54. The summed E-state index contributed by atoms with van der Waals surface area (Å²) in [5, 5.41) is 54.1. The van der Waals surface area contributed by atoms with E-state index in [0.29, 0.717) is 5.56 Å². The molecule has 1 aromatic rings. The third-order valence-corrected chi connectivity index (χ3v) is 6.78. The number of ketones is 2. The minimum Gasteiger partial charge on any atom is -0.508 e. The van der Waals surface area contributed by atoms with Crippen LogP contribution >= 0.6 is 0 Å². The molecular formula is C32H65NO8. The highest BCUT2D eigenvalue weighted by Crippen LogP contribution is 2.56. The normalized spacial score (nSPS) is 26.1. The zero-order valence-corrected chi connectivity index (χ0v) is 16.2. The summed E-state index contributed by atoms with van der Waals surface area (Å²) < 4.78 is 0. The largest absolute Gasteiger partial charge is 0.508 e. The van der Waals surface area contributed by atoms with Gasteiger partial charge in [0, 0.05) is 23.3 Å². The number of rotatable bonds is 1. The van der Waals surface area contributed by atoms with E-state index in [9.17, 15) is 39.9 Å². The number of phenolic OH excluding ortho intramolecular Hbond substituents is 1. The Morgan fingerprint density at radius 3 is 1.73 bits per heavy atom. The Labute approximate surface area is 251 Å². The second-order valence-corrected chi connectivity index (χ2v) is 8.17. The minimum atomic E-state index is -2.83. The zero-order chi connectivity index (χ0) is 22.3. The van der Waals surface area contributed by atoms with Crippen LogP contribution < -0.4 is 5.73 Å². The van der Waals surface area contributed by atoms with Gasteiger partial charge in [0.05, 0.1) is 11.7 Å². The molecule has 0 radical (unpaired) electrons. The number of fused-ring (bicyclic) bond motifs is 3. The lowest BCUT2D eigenvalue weighted by Crippen LogP contribution is -2.66. The molecule has 1 amide bonds. The lowest BCUT2D eigenvalue weighted by molar-refractivity contribution is -0.167. The van der Waals surface area contributed by atoms with E-state index >= 15 is 0 Å². The van der Waals surface area contributed by atoms with Crippen LogP contribution in [0.2, 0.25) is 0 Å². The molecule has 1 fully saturated rings. The Morgan fingerprint density at radius 1 is 0.829 bits per heavy atom. The van der Waals surface area contributed by atoms with Gasteiger partial charge in [-0.25, -0.2) is 0 Å². The van der Waals surface area contributed by atoms with Gasteiger partial charge in [-0.05, 0) is 17.5 Å². The number of Topliss-reactive ketones (excluding diaryl/α,β-unsaturated/α-hetero) is 2. The van der Waals surface area contributed by atoms with Gasteiger partial charge in [-0.3, -0.25) is 14.4 Å². The van der Waals surface area contributed by atoms with E-state index in [2.05, 4.69) is 0 Å². The molecule has 4 rings (SSSR count). The van der Waals surface area contributed by atoms with E-state index in [0.717, 1.165) is 0 Å². The SMILES string of the molecule is C.C.C.C.C.C.C.C.C.C.C.CC1c2cccc(O)c2C(O)=C2C(=O)C3(O)C(O)=C(C(N)=O)C(=O)[C@@H](C)C3C(O)C21. The highest BCUT2D eigenvalue weighted by molar-refractivity contribution is 6.23. The number of benzene rings is 1. The van der Waals surface area contributed by atoms with Gasteiger partial charge in [-0.15, -0.1) is 0 Å². The van der Waals surface area contributed by atoms with Gasteiger partial charge >= 0.3 is 0 Å². The highest BCUT2D eigenvalue weighted by atomic mass is 16.4. The predicted molar refractivity (Wildman–Crippen MR) is 176 cm³/mol. The Hall–Kier alpha value is -3.17. The third kappa shape index (κ3) is 6.84. The molecule has 0 saturated heterocycles. The number of aliphatic hydroxyl groups excluding tert-OH is 3. The number of amides is 1. The van der Waals surface area contributed by atoms with Crippen LogP contribution in [-0.2, 0) is 14.4 Å². The number of carbonyl (C=O) groups excluding carboxylic acids is 3. The van der Waals surface area contributed by atoms with Gasteiger partial charge in [0.25, 0.3) is 5.91 Å². The van der Waals surface area contributed by atoms with E-state index in [-0.39, 0.29) is 98.6 Å². The summed E-state index contributed by atoms with van der Waals surface area (Å²) in [6.45, 7) is 3.00. The van der Waals surface area contributed by atoms with Crippen LogP contribution in [0.15, 0.2) is 35.1 Å². The molecule has 41 heavy (non-hydrogen) atoms. The summed E-state index contributed by atoms with van der Waals surface area (Å²) in [5.41, 5.74) is 1.51. The second-order valence-electron chi connectivity index (χ2n) is 8.17. The summed E-state index contributed by atoms with van der Waals surface area (Å²) in [4.78, 5) is 37.8. The van der Waals surface area contributed by atoms with Crippen LogP contribution in [0.4, 0.5) is 0 Å². The molecule has 9 nitrogen and oxygen atoms in total. The minimum absolute atomic E-state index is 0. The van der Waals surface area contributed by atoms with Crippen molar-refractivity contribution in [1.82, 2.24) is 0 Å².